The van der Waals surface area contributed by atoms with Crippen LogP contribution in [0.3, 0.4) is 0 Å². The number of benzene rings is 3. The molecule has 29 heavy (non-hydrogen) atoms. The summed E-state index contributed by atoms with van der Waals surface area (Å²) in [6, 6.07) is 23.2. The molecular weight excluding hydrogens is 372 g/mol. The van der Waals surface area contributed by atoms with Gasteiger partial charge in [0.05, 0.1) is 12.7 Å². The third-order valence-electron chi connectivity index (χ3n) is 4.23. The van der Waals surface area contributed by atoms with Crippen LogP contribution in [0.2, 0.25) is 0 Å². The first kappa shape index (κ1) is 18.5. The van der Waals surface area contributed by atoms with Crippen LogP contribution in [0.25, 0.3) is 0 Å². The minimum atomic E-state index is -0.938. The first-order valence-corrected chi connectivity index (χ1v) is 8.97. The molecule has 0 amide bonds. The molecule has 0 aliphatic heterocycles. The maximum Gasteiger partial charge on any atom is 0.252 e. The van der Waals surface area contributed by atoms with Gasteiger partial charge in [0, 0.05) is 17.4 Å². The summed E-state index contributed by atoms with van der Waals surface area (Å²) in [5, 5.41) is 11.1. The SMILES string of the molecule is Fc1ccc(Nc2cnnc(N(Cc3ccccc3)c3ccccc3)n2)cc1F. The highest BCUT2D eigenvalue weighted by atomic mass is 19.2. The Morgan fingerprint density at radius 2 is 1.55 bits per heavy atom. The second-order valence-corrected chi connectivity index (χ2v) is 6.30. The van der Waals surface area contributed by atoms with E-state index in [-0.39, 0.29) is 0 Å². The van der Waals surface area contributed by atoms with Gasteiger partial charge in [-0.1, -0.05) is 48.5 Å². The molecule has 4 rings (SSSR count). The Morgan fingerprint density at radius 1 is 0.828 bits per heavy atom. The number of nitrogens with zero attached hydrogens (tertiary/aromatic N) is 4. The van der Waals surface area contributed by atoms with Gasteiger partial charge in [0.25, 0.3) is 5.95 Å². The number of hydrogen-bond acceptors (Lipinski definition) is 5. The van der Waals surface area contributed by atoms with Crippen LogP contribution in [-0.2, 0) is 6.54 Å². The van der Waals surface area contributed by atoms with Gasteiger partial charge in [-0.25, -0.2) is 8.78 Å². The maximum absolute atomic E-state index is 13.5. The molecule has 144 valence electrons. The van der Waals surface area contributed by atoms with Crippen molar-refractivity contribution in [3.05, 3.63) is 102 Å². The fourth-order valence-corrected chi connectivity index (χ4v) is 2.84. The Balaban J connectivity index is 1.65. The standard InChI is InChI=1S/C22H17F2N5/c23-19-12-11-17(13-20(19)24)26-21-14-25-28-22(27-21)29(18-9-5-2-6-10-18)15-16-7-3-1-4-8-16/h1-14H,15H2,(H,26,27,28). The van der Waals surface area contributed by atoms with E-state index in [1.807, 2.05) is 65.6 Å². The van der Waals surface area contributed by atoms with Crippen molar-refractivity contribution in [1.82, 2.24) is 15.2 Å². The van der Waals surface area contributed by atoms with E-state index < -0.39 is 11.6 Å². The number of para-hydroxylation sites is 1. The smallest absolute Gasteiger partial charge is 0.252 e. The fourth-order valence-electron chi connectivity index (χ4n) is 2.84. The molecule has 0 aliphatic carbocycles. The van der Waals surface area contributed by atoms with E-state index in [0.29, 0.717) is 24.0 Å². The monoisotopic (exact) mass is 389 g/mol. The molecule has 0 spiro atoms. The molecule has 0 radical (unpaired) electrons. The molecule has 0 bridgehead atoms. The summed E-state index contributed by atoms with van der Waals surface area (Å²) in [6.07, 6.45) is 1.43. The second-order valence-electron chi connectivity index (χ2n) is 6.30. The highest BCUT2D eigenvalue weighted by Gasteiger charge is 2.14. The zero-order chi connectivity index (χ0) is 20.1. The minimum Gasteiger partial charge on any atom is -0.339 e. The third-order valence-corrected chi connectivity index (χ3v) is 4.23. The number of anilines is 4. The van der Waals surface area contributed by atoms with Crippen LogP contribution in [0.15, 0.2) is 85.1 Å². The van der Waals surface area contributed by atoms with Gasteiger partial charge in [-0.3, -0.25) is 0 Å². The molecule has 4 aromatic rings. The van der Waals surface area contributed by atoms with E-state index in [1.165, 1.54) is 12.3 Å². The number of hydrogen-bond donors (Lipinski definition) is 1. The van der Waals surface area contributed by atoms with Crippen molar-refractivity contribution < 1.29 is 8.78 Å². The van der Waals surface area contributed by atoms with Gasteiger partial charge in [0.1, 0.15) is 0 Å². The fraction of sp³-hybridized carbons (Fsp3) is 0.0455. The molecule has 0 atom stereocenters. The summed E-state index contributed by atoms with van der Waals surface area (Å²) >= 11 is 0. The average Bonchev–Trinajstić information content (AvgIpc) is 2.76. The van der Waals surface area contributed by atoms with Gasteiger partial charge in [0.15, 0.2) is 17.5 Å². The normalized spacial score (nSPS) is 10.6. The quantitative estimate of drug-likeness (QED) is 0.489. The van der Waals surface area contributed by atoms with Gasteiger partial charge in [-0.15, -0.1) is 5.10 Å². The van der Waals surface area contributed by atoms with Gasteiger partial charge in [0.2, 0.25) is 0 Å². The lowest BCUT2D eigenvalue weighted by Gasteiger charge is -2.22. The molecule has 0 aliphatic rings. The van der Waals surface area contributed by atoms with Crippen molar-refractivity contribution >= 4 is 23.1 Å². The molecule has 0 saturated heterocycles. The molecule has 0 fully saturated rings. The van der Waals surface area contributed by atoms with E-state index >= 15 is 0 Å². The maximum atomic E-state index is 13.5. The van der Waals surface area contributed by atoms with Crippen molar-refractivity contribution in [2.45, 2.75) is 6.54 Å². The molecule has 3 aromatic carbocycles. The van der Waals surface area contributed by atoms with Crippen LogP contribution >= 0.6 is 0 Å². The van der Waals surface area contributed by atoms with E-state index in [9.17, 15) is 8.78 Å². The van der Waals surface area contributed by atoms with Crippen LogP contribution < -0.4 is 10.2 Å². The molecule has 0 saturated carbocycles. The molecule has 1 aromatic heterocycles. The minimum absolute atomic E-state index is 0.365. The zero-order valence-electron chi connectivity index (χ0n) is 15.3. The Morgan fingerprint density at radius 3 is 2.28 bits per heavy atom. The first-order valence-electron chi connectivity index (χ1n) is 8.97. The van der Waals surface area contributed by atoms with Crippen LogP contribution in [0.4, 0.5) is 31.9 Å². The van der Waals surface area contributed by atoms with Gasteiger partial charge < -0.3 is 10.2 Å². The molecule has 1 N–H and O–H groups in total. The summed E-state index contributed by atoms with van der Waals surface area (Å²) in [5.41, 5.74) is 2.35. The Kier molecular flexibility index (Phi) is 5.38. The second kappa shape index (κ2) is 8.43. The van der Waals surface area contributed by atoms with Gasteiger partial charge in [-0.05, 0) is 29.8 Å². The molecule has 7 heteroatoms. The topological polar surface area (TPSA) is 53.9 Å². The Labute approximate surface area is 166 Å². The number of rotatable bonds is 6. The Hall–Kier alpha value is -3.87. The van der Waals surface area contributed by atoms with Crippen molar-refractivity contribution in [1.29, 1.82) is 0 Å². The molecular formula is C22H17F2N5. The highest BCUT2D eigenvalue weighted by molar-refractivity contribution is 5.60. The summed E-state index contributed by atoms with van der Waals surface area (Å²) in [7, 11) is 0. The summed E-state index contributed by atoms with van der Waals surface area (Å²) in [4.78, 5) is 6.45. The van der Waals surface area contributed by atoms with Crippen molar-refractivity contribution in [2.75, 3.05) is 10.2 Å². The van der Waals surface area contributed by atoms with Crippen molar-refractivity contribution in [3.8, 4) is 0 Å². The predicted octanol–water partition coefficient (Wildman–Crippen LogP) is 5.23. The van der Waals surface area contributed by atoms with E-state index in [0.717, 1.165) is 23.4 Å². The summed E-state index contributed by atoms with van der Waals surface area (Å²) in [6.45, 7) is 0.543. The zero-order valence-corrected chi connectivity index (χ0v) is 15.3. The lowest BCUT2D eigenvalue weighted by molar-refractivity contribution is 0.509. The van der Waals surface area contributed by atoms with Gasteiger partial charge >= 0.3 is 0 Å². The third kappa shape index (κ3) is 4.52. The molecule has 0 unspecified atom stereocenters. The number of halogens is 2. The lowest BCUT2D eigenvalue weighted by Crippen LogP contribution is -2.20. The van der Waals surface area contributed by atoms with E-state index in [1.54, 1.807) is 0 Å². The largest absolute Gasteiger partial charge is 0.339 e. The Bertz CT molecular complexity index is 1090. The van der Waals surface area contributed by atoms with E-state index in [2.05, 4.69) is 20.5 Å². The van der Waals surface area contributed by atoms with E-state index in [4.69, 9.17) is 0 Å². The van der Waals surface area contributed by atoms with Crippen molar-refractivity contribution in [3.63, 3.8) is 0 Å². The van der Waals surface area contributed by atoms with Crippen molar-refractivity contribution in [2.24, 2.45) is 0 Å². The number of aromatic nitrogens is 3. The van der Waals surface area contributed by atoms with Crippen LogP contribution in [-0.4, -0.2) is 15.2 Å². The average molecular weight is 389 g/mol. The summed E-state index contributed by atoms with van der Waals surface area (Å²) < 4.78 is 26.6. The first-order chi connectivity index (χ1) is 14.2. The summed E-state index contributed by atoms with van der Waals surface area (Å²) in [5.74, 6) is -1.09. The highest BCUT2D eigenvalue weighted by Crippen LogP contribution is 2.25. The lowest BCUT2D eigenvalue weighted by atomic mass is 10.2. The predicted molar refractivity (Wildman–Crippen MR) is 108 cm³/mol. The molecule has 5 nitrogen and oxygen atoms in total. The molecule has 1 heterocycles. The van der Waals surface area contributed by atoms with Gasteiger partial charge in [-0.2, -0.15) is 10.1 Å². The van der Waals surface area contributed by atoms with Crippen LogP contribution in [0.5, 0.6) is 0 Å². The number of nitrogens with one attached hydrogen (secondary N) is 1. The van der Waals surface area contributed by atoms with Crippen LogP contribution in [0, 0.1) is 11.6 Å². The van der Waals surface area contributed by atoms with Crippen LogP contribution in [0.1, 0.15) is 5.56 Å².